The molecule has 1 fully saturated rings. The molecule has 1 aromatic heterocycles. The fraction of sp³-hybridized carbons (Fsp3) is 0.786. The lowest BCUT2D eigenvalue weighted by Crippen LogP contribution is -2.47. The molecular weight excluding hydrogens is 224 g/mol. The Labute approximate surface area is 110 Å². The van der Waals surface area contributed by atoms with E-state index < -0.39 is 0 Å². The summed E-state index contributed by atoms with van der Waals surface area (Å²) in [5.74, 6) is 5.77. The van der Waals surface area contributed by atoms with Crippen LogP contribution < -0.4 is 11.3 Å². The Morgan fingerprint density at radius 1 is 1.44 bits per heavy atom. The molecule has 4 nitrogen and oxygen atoms in total. The van der Waals surface area contributed by atoms with Crippen molar-refractivity contribution in [2.24, 2.45) is 11.3 Å². The van der Waals surface area contributed by atoms with Crippen LogP contribution in [-0.4, -0.2) is 15.8 Å². The van der Waals surface area contributed by atoms with Gasteiger partial charge in [0.25, 0.3) is 0 Å². The fourth-order valence-corrected chi connectivity index (χ4v) is 3.02. The number of nitrogens with one attached hydrogen (secondary N) is 1. The van der Waals surface area contributed by atoms with Crippen molar-refractivity contribution in [1.82, 2.24) is 15.2 Å². The minimum Gasteiger partial charge on any atom is -0.271 e. The van der Waals surface area contributed by atoms with Gasteiger partial charge in [0.15, 0.2) is 0 Å². The van der Waals surface area contributed by atoms with Crippen LogP contribution in [-0.2, 0) is 6.42 Å². The number of hydrogen-bond acceptors (Lipinski definition) is 3. The van der Waals surface area contributed by atoms with Crippen molar-refractivity contribution in [3.8, 4) is 0 Å². The summed E-state index contributed by atoms with van der Waals surface area (Å²) in [4.78, 5) is 0. The van der Waals surface area contributed by atoms with Gasteiger partial charge in [-0.25, -0.2) is 0 Å². The summed E-state index contributed by atoms with van der Waals surface area (Å²) in [5, 5.41) is 4.62. The van der Waals surface area contributed by atoms with Crippen molar-refractivity contribution in [1.29, 1.82) is 0 Å². The first-order chi connectivity index (χ1) is 8.55. The van der Waals surface area contributed by atoms with E-state index in [1.807, 2.05) is 4.68 Å². The third-order valence-electron chi connectivity index (χ3n) is 4.39. The highest BCUT2D eigenvalue weighted by atomic mass is 15.3. The van der Waals surface area contributed by atoms with E-state index in [1.165, 1.54) is 25.7 Å². The van der Waals surface area contributed by atoms with Crippen LogP contribution in [0.4, 0.5) is 0 Å². The van der Waals surface area contributed by atoms with E-state index in [0.717, 1.165) is 12.1 Å². The van der Waals surface area contributed by atoms with Crippen molar-refractivity contribution in [3.63, 3.8) is 0 Å². The van der Waals surface area contributed by atoms with Crippen molar-refractivity contribution in [3.05, 3.63) is 18.0 Å². The summed E-state index contributed by atoms with van der Waals surface area (Å²) in [6.07, 6.45) is 8.18. The number of hydrogen-bond donors (Lipinski definition) is 2. The first-order valence-electron chi connectivity index (χ1n) is 7.05. The van der Waals surface area contributed by atoms with Gasteiger partial charge in [0.2, 0.25) is 0 Å². The number of hydrazine groups is 1. The maximum absolute atomic E-state index is 5.77. The standard InChI is InChI=1S/C14H26N4/c1-11(2)18-9-6-12(17-18)10-13(16-15)14(3)7-4-5-8-14/h6,9,11,13,16H,4-5,7-8,10,15H2,1-3H3. The molecule has 0 amide bonds. The van der Waals surface area contributed by atoms with Crippen molar-refractivity contribution >= 4 is 0 Å². The topological polar surface area (TPSA) is 55.9 Å². The molecule has 0 aliphatic heterocycles. The lowest BCUT2D eigenvalue weighted by Gasteiger charge is -2.33. The van der Waals surface area contributed by atoms with Gasteiger partial charge >= 0.3 is 0 Å². The summed E-state index contributed by atoms with van der Waals surface area (Å²) in [5.41, 5.74) is 4.49. The molecular formula is C14H26N4. The van der Waals surface area contributed by atoms with Crippen molar-refractivity contribution in [2.45, 2.75) is 65.0 Å². The minimum absolute atomic E-state index is 0.329. The predicted octanol–water partition coefficient (Wildman–Crippen LogP) is 2.42. The van der Waals surface area contributed by atoms with Gasteiger partial charge in [-0.3, -0.25) is 16.0 Å². The zero-order valence-electron chi connectivity index (χ0n) is 11.8. The number of rotatable bonds is 5. The van der Waals surface area contributed by atoms with Crippen LogP contribution in [0.25, 0.3) is 0 Å². The highest BCUT2D eigenvalue weighted by molar-refractivity contribution is 5.05. The van der Waals surface area contributed by atoms with Crippen molar-refractivity contribution < 1.29 is 0 Å². The lowest BCUT2D eigenvalue weighted by molar-refractivity contribution is 0.219. The Bertz CT molecular complexity index is 377. The van der Waals surface area contributed by atoms with Gasteiger partial charge in [-0.2, -0.15) is 5.10 Å². The Morgan fingerprint density at radius 3 is 2.61 bits per heavy atom. The van der Waals surface area contributed by atoms with Crippen LogP contribution >= 0.6 is 0 Å². The van der Waals surface area contributed by atoms with Gasteiger partial charge < -0.3 is 0 Å². The molecule has 1 aliphatic carbocycles. The maximum Gasteiger partial charge on any atom is 0.0640 e. The molecule has 1 unspecified atom stereocenters. The lowest BCUT2D eigenvalue weighted by atomic mass is 9.79. The molecule has 0 saturated heterocycles. The number of nitrogens with two attached hydrogens (primary N) is 1. The van der Waals surface area contributed by atoms with E-state index in [9.17, 15) is 0 Å². The molecule has 4 heteroatoms. The van der Waals surface area contributed by atoms with Crippen LogP contribution in [0.15, 0.2) is 12.3 Å². The number of aromatic nitrogens is 2. The molecule has 1 saturated carbocycles. The SMILES string of the molecule is CC(C)n1ccc(CC(NN)C2(C)CCCC2)n1. The molecule has 1 aliphatic rings. The average molecular weight is 250 g/mol. The van der Waals surface area contributed by atoms with E-state index >= 15 is 0 Å². The summed E-state index contributed by atoms with van der Waals surface area (Å²) >= 11 is 0. The molecule has 0 radical (unpaired) electrons. The quantitative estimate of drug-likeness (QED) is 0.623. The molecule has 2 rings (SSSR count). The second-order valence-corrected chi connectivity index (χ2v) is 6.17. The Balaban J connectivity index is 2.05. The molecule has 0 bridgehead atoms. The molecule has 0 spiro atoms. The Kier molecular flexibility index (Phi) is 4.07. The zero-order valence-corrected chi connectivity index (χ0v) is 11.8. The third kappa shape index (κ3) is 2.75. The van der Waals surface area contributed by atoms with E-state index in [0.29, 0.717) is 17.5 Å². The highest BCUT2D eigenvalue weighted by Gasteiger charge is 2.36. The smallest absolute Gasteiger partial charge is 0.0640 e. The van der Waals surface area contributed by atoms with Gasteiger partial charge in [0, 0.05) is 24.7 Å². The summed E-state index contributed by atoms with van der Waals surface area (Å²) < 4.78 is 2.01. The van der Waals surface area contributed by atoms with Gasteiger partial charge in [-0.15, -0.1) is 0 Å². The third-order valence-corrected chi connectivity index (χ3v) is 4.39. The fourth-order valence-electron chi connectivity index (χ4n) is 3.02. The molecule has 18 heavy (non-hydrogen) atoms. The van der Waals surface area contributed by atoms with Crippen LogP contribution in [0.1, 0.15) is 58.2 Å². The normalized spacial score (nSPS) is 20.5. The van der Waals surface area contributed by atoms with Crippen LogP contribution in [0, 0.1) is 5.41 Å². The van der Waals surface area contributed by atoms with Crippen LogP contribution in [0.2, 0.25) is 0 Å². The summed E-state index contributed by atoms with van der Waals surface area (Å²) in [7, 11) is 0. The van der Waals surface area contributed by atoms with Crippen LogP contribution in [0.3, 0.4) is 0 Å². The maximum atomic E-state index is 5.77. The van der Waals surface area contributed by atoms with E-state index in [1.54, 1.807) is 0 Å². The van der Waals surface area contributed by atoms with Gasteiger partial charge in [0.05, 0.1) is 5.69 Å². The van der Waals surface area contributed by atoms with Crippen molar-refractivity contribution in [2.75, 3.05) is 0 Å². The molecule has 1 atom stereocenters. The van der Waals surface area contributed by atoms with E-state index in [-0.39, 0.29) is 0 Å². The summed E-state index contributed by atoms with van der Waals surface area (Å²) in [6.45, 7) is 6.64. The van der Waals surface area contributed by atoms with E-state index in [2.05, 4.69) is 43.6 Å². The summed E-state index contributed by atoms with van der Waals surface area (Å²) in [6, 6.07) is 2.86. The van der Waals surface area contributed by atoms with E-state index in [4.69, 9.17) is 5.84 Å². The second kappa shape index (κ2) is 5.41. The molecule has 3 N–H and O–H groups in total. The van der Waals surface area contributed by atoms with Gasteiger partial charge in [-0.05, 0) is 38.2 Å². The van der Waals surface area contributed by atoms with Crippen LogP contribution in [0.5, 0.6) is 0 Å². The molecule has 0 aromatic carbocycles. The Hall–Kier alpha value is -0.870. The number of nitrogens with zero attached hydrogens (tertiary/aromatic N) is 2. The zero-order chi connectivity index (χ0) is 13.2. The Morgan fingerprint density at radius 2 is 2.11 bits per heavy atom. The molecule has 1 aromatic rings. The minimum atomic E-state index is 0.329. The average Bonchev–Trinajstić information content (AvgIpc) is 2.95. The highest BCUT2D eigenvalue weighted by Crippen LogP contribution is 2.41. The van der Waals surface area contributed by atoms with Gasteiger partial charge in [-0.1, -0.05) is 19.8 Å². The monoisotopic (exact) mass is 250 g/mol. The molecule has 1 heterocycles. The first kappa shape index (κ1) is 13.6. The van der Waals surface area contributed by atoms with Gasteiger partial charge in [0.1, 0.15) is 0 Å². The largest absolute Gasteiger partial charge is 0.271 e. The molecule has 102 valence electrons. The predicted molar refractivity (Wildman–Crippen MR) is 74.0 cm³/mol. The second-order valence-electron chi connectivity index (χ2n) is 6.17. The first-order valence-corrected chi connectivity index (χ1v) is 7.05.